The van der Waals surface area contributed by atoms with E-state index in [1.807, 2.05) is 12.2 Å². The molecule has 2 bridgehead atoms. The van der Waals surface area contributed by atoms with Crippen LogP contribution in [0, 0.1) is 23.7 Å². The lowest BCUT2D eigenvalue weighted by atomic mass is 9.85. The Kier molecular flexibility index (Phi) is 2.95. The van der Waals surface area contributed by atoms with Gasteiger partial charge in [-0.3, -0.25) is 14.5 Å². The molecule has 0 N–H and O–H groups in total. The number of allylic oxidation sites excluding steroid dienone is 2. The number of rotatable bonds is 1. The molecule has 1 saturated carbocycles. The zero-order chi connectivity index (χ0) is 16.5. The third-order valence-electron chi connectivity index (χ3n) is 4.98. The molecule has 2 aliphatic carbocycles. The molecule has 1 heterocycles. The highest BCUT2D eigenvalue weighted by molar-refractivity contribution is 6.31. The summed E-state index contributed by atoms with van der Waals surface area (Å²) in [6.45, 7) is 0. The van der Waals surface area contributed by atoms with Crippen molar-refractivity contribution in [1.29, 1.82) is 0 Å². The number of benzene rings is 1. The lowest BCUT2D eigenvalue weighted by Gasteiger charge is -2.19. The van der Waals surface area contributed by atoms with Crippen molar-refractivity contribution in [3.63, 3.8) is 0 Å². The summed E-state index contributed by atoms with van der Waals surface area (Å²) in [6.07, 6.45) is -0.00250. The van der Waals surface area contributed by atoms with E-state index in [0.717, 1.165) is 23.5 Å². The van der Waals surface area contributed by atoms with Gasteiger partial charge < -0.3 is 0 Å². The lowest BCUT2D eigenvalue weighted by molar-refractivity contribution is -0.137. The van der Waals surface area contributed by atoms with Gasteiger partial charge in [-0.2, -0.15) is 13.2 Å². The van der Waals surface area contributed by atoms with Gasteiger partial charge in [0, 0.05) is 0 Å². The summed E-state index contributed by atoms with van der Waals surface area (Å²) in [5, 5.41) is -0.456. The van der Waals surface area contributed by atoms with E-state index in [-0.39, 0.29) is 17.5 Å². The number of amides is 2. The third kappa shape index (κ3) is 1.97. The number of anilines is 1. The number of imide groups is 1. The minimum atomic E-state index is -4.64. The molecule has 2 fully saturated rings. The largest absolute Gasteiger partial charge is 0.417 e. The van der Waals surface area contributed by atoms with Gasteiger partial charge in [-0.15, -0.1) is 0 Å². The Labute approximate surface area is 134 Å². The molecule has 0 radical (unpaired) electrons. The van der Waals surface area contributed by atoms with Crippen LogP contribution in [0.4, 0.5) is 18.9 Å². The number of fused-ring (bicyclic) bond motifs is 5. The minimum absolute atomic E-state index is 0.0147. The van der Waals surface area contributed by atoms with E-state index >= 15 is 0 Å². The first-order valence-electron chi connectivity index (χ1n) is 7.22. The quantitative estimate of drug-likeness (QED) is 0.577. The van der Waals surface area contributed by atoms with Gasteiger partial charge in [0.05, 0.1) is 28.1 Å². The van der Waals surface area contributed by atoms with Crippen molar-refractivity contribution in [3.8, 4) is 0 Å². The van der Waals surface area contributed by atoms with Crippen molar-refractivity contribution in [2.24, 2.45) is 23.7 Å². The van der Waals surface area contributed by atoms with Gasteiger partial charge in [-0.1, -0.05) is 23.8 Å². The van der Waals surface area contributed by atoms with E-state index in [4.69, 9.17) is 11.6 Å². The fourth-order valence-electron chi connectivity index (χ4n) is 4.03. The molecule has 4 atom stereocenters. The number of nitrogens with zero attached hydrogens (tertiary/aromatic N) is 1. The van der Waals surface area contributed by atoms with Gasteiger partial charge in [-0.05, 0) is 36.5 Å². The standard InChI is InChI=1S/C16H11ClF3NO2/c17-11-4-3-9(6-10(11)16(18,19)20)21-14(22)12-7-1-2-8(5-7)13(12)15(21)23/h1-4,6-8,12-13H,5H2. The number of carbonyl (C=O) groups is 2. The second kappa shape index (κ2) is 4.60. The van der Waals surface area contributed by atoms with Gasteiger partial charge >= 0.3 is 6.18 Å². The monoisotopic (exact) mass is 341 g/mol. The SMILES string of the molecule is O=C1C2C3C=CC(C3)C2C(=O)N1c1ccc(Cl)c(C(F)(F)F)c1. The van der Waals surface area contributed by atoms with Gasteiger partial charge in [0.1, 0.15) is 0 Å². The topological polar surface area (TPSA) is 37.4 Å². The lowest BCUT2D eigenvalue weighted by Crippen LogP contribution is -2.33. The van der Waals surface area contributed by atoms with Gasteiger partial charge in [0.15, 0.2) is 0 Å². The predicted molar refractivity (Wildman–Crippen MR) is 76.7 cm³/mol. The number of hydrogen-bond donors (Lipinski definition) is 0. The zero-order valence-electron chi connectivity index (χ0n) is 11.7. The Balaban J connectivity index is 1.75. The highest BCUT2D eigenvalue weighted by Gasteiger charge is 2.59. The maximum absolute atomic E-state index is 13.0. The Morgan fingerprint density at radius 1 is 1.04 bits per heavy atom. The van der Waals surface area contributed by atoms with Crippen LogP contribution in [0.15, 0.2) is 30.4 Å². The average Bonchev–Trinajstić information content (AvgIpc) is 3.13. The molecule has 1 aromatic carbocycles. The van der Waals surface area contributed by atoms with Crippen molar-refractivity contribution in [1.82, 2.24) is 0 Å². The van der Waals surface area contributed by atoms with Gasteiger partial charge in [0.25, 0.3) is 0 Å². The van der Waals surface area contributed by atoms with Crippen LogP contribution >= 0.6 is 11.6 Å². The predicted octanol–water partition coefficient (Wildman–Crippen LogP) is 3.67. The summed E-state index contributed by atoms with van der Waals surface area (Å²) in [6, 6.07) is 3.12. The van der Waals surface area contributed by atoms with Crippen LogP contribution in [0.1, 0.15) is 12.0 Å². The van der Waals surface area contributed by atoms with Crippen molar-refractivity contribution < 1.29 is 22.8 Å². The first-order valence-corrected chi connectivity index (χ1v) is 7.59. The smallest absolute Gasteiger partial charge is 0.274 e. The molecule has 1 aliphatic heterocycles. The molecular weight excluding hydrogens is 331 g/mol. The minimum Gasteiger partial charge on any atom is -0.274 e. The van der Waals surface area contributed by atoms with E-state index in [1.165, 1.54) is 6.07 Å². The highest BCUT2D eigenvalue weighted by atomic mass is 35.5. The maximum atomic E-state index is 13.0. The first kappa shape index (κ1) is 14.8. The molecule has 120 valence electrons. The summed E-state index contributed by atoms with van der Waals surface area (Å²) >= 11 is 5.59. The Bertz CT molecular complexity index is 728. The molecule has 0 aromatic heterocycles. The fraction of sp³-hybridized carbons (Fsp3) is 0.375. The second-order valence-electron chi connectivity index (χ2n) is 6.17. The Hall–Kier alpha value is -1.82. The van der Waals surface area contributed by atoms with E-state index in [1.54, 1.807) is 0 Å². The summed E-state index contributed by atoms with van der Waals surface area (Å²) in [7, 11) is 0. The van der Waals surface area contributed by atoms with E-state index in [0.29, 0.717) is 0 Å². The van der Waals surface area contributed by atoms with Gasteiger partial charge in [0.2, 0.25) is 11.8 Å². The summed E-state index contributed by atoms with van der Waals surface area (Å²) in [4.78, 5) is 26.1. The number of carbonyl (C=O) groups excluding carboxylic acids is 2. The van der Waals surface area contributed by atoms with Crippen LogP contribution < -0.4 is 4.90 Å². The van der Waals surface area contributed by atoms with Crippen molar-refractivity contribution in [3.05, 3.63) is 40.9 Å². The van der Waals surface area contributed by atoms with Crippen molar-refractivity contribution >= 4 is 29.1 Å². The highest BCUT2D eigenvalue weighted by Crippen LogP contribution is 2.53. The van der Waals surface area contributed by atoms with Crippen LogP contribution in [-0.4, -0.2) is 11.8 Å². The number of alkyl halides is 3. The number of hydrogen-bond acceptors (Lipinski definition) is 2. The van der Waals surface area contributed by atoms with Crippen LogP contribution in [0.3, 0.4) is 0 Å². The molecule has 23 heavy (non-hydrogen) atoms. The van der Waals surface area contributed by atoms with E-state index < -0.39 is 40.4 Å². The molecule has 1 aromatic rings. The van der Waals surface area contributed by atoms with Gasteiger partial charge in [-0.25, -0.2) is 0 Å². The molecule has 1 saturated heterocycles. The molecular formula is C16H11ClF3NO2. The Morgan fingerprint density at radius 3 is 2.13 bits per heavy atom. The van der Waals surface area contributed by atoms with Crippen LogP contribution in [0.5, 0.6) is 0 Å². The molecule has 4 unspecified atom stereocenters. The summed E-state index contributed by atoms with van der Waals surface area (Å²) < 4.78 is 39.0. The molecule has 0 spiro atoms. The van der Waals surface area contributed by atoms with Crippen LogP contribution in [-0.2, 0) is 15.8 Å². The molecule has 2 amide bonds. The maximum Gasteiger partial charge on any atom is 0.417 e. The van der Waals surface area contributed by atoms with Crippen molar-refractivity contribution in [2.75, 3.05) is 4.90 Å². The fourth-order valence-corrected chi connectivity index (χ4v) is 4.25. The molecule has 7 heteroatoms. The zero-order valence-corrected chi connectivity index (χ0v) is 12.4. The summed E-state index contributed by atoms with van der Waals surface area (Å²) in [5.74, 6) is -1.67. The molecule has 3 nitrogen and oxygen atoms in total. The third-order valence-corrected chi connectivity index (χ3v) is 5.31. The first-order chi connectivity index (χ1) is 10.8. The summed E-state index contributed by atoms with van der Waals surface area (Å²) in [5.41, 5.74) is -1.11. The van der Waals surface area contributed by atoms with E-state index in [9.17, 15) is 22.8 Å². The molecule has 3 aliphatic rings. The second-order valence-corrected chi connectivity index (χ2v) is 6.58. The Morgan fingerprint density at radius 2 is 1.61 bits per heavy atom. The van der Waals surface area contributed by atoms with Crippen LogP contribution in [0.25, 0.3) is 0 Å². The van der Waals surface area contributed by atoms with Crippen molar-refractivity contribution in [2.45, 2.75) is 12.6 Å². The number of halogens is 4. The normalized spacial score (nSPS) is 32.1. The average molecular weight is 342 g/mol. The molecule has 4 rings (SSSR count). The van der Waals surface area contributed by atoms with Crippen LogP contribution in [0.2, 0.25) is 5.02 Å². The van der Waals surface area contributed by atoms with E-state index in [2.05, 4.69) is 0 Å².